The topological polar surface area (TPSA) is 49.8 Å². The van der Waals surface area contributed by atoms with Crippen LogP contribution < -0.4 is 0 Å². The summed E-state index contributed by atoms with van der Waals surface area (Å²) >= 11 is 0. The van der Waals surface area contributed by atoms with Crippen molar-refractivity contribution in [3.63, 3.8) is 0 Å². The Morgan fingerprint density at radius 2 is 2.00 bits per heavy atom. The van der Waals surface area contributed by atoms with Gasteiger partial charge >= 0.3 is 0 Å². The lowest BCUT2D eigenvalue weighted by Crippen LogP contribution is -2.50. The molecule has 180 valence electrons. The molecule has 0 bridgehead atoms. The molecule has 0 radical (unpaired) electrons. The van der Waals surface area contributed by atoms with E-state index < -0.39 is 0 Å². The zero-order chi connectivity index (χ0) is 22.7. The van der Waals surface area contributed by atoms with Gasteiger partial charge in [0.15, 0.2) is 0 Å². The summed E-state index contributed by atoms with van der Waals surface area (Å²) in [5.74, 6) is 3.97. The summed E-state index contributed by atoms with van der Waals surface area (Å²) < 4.78 is 0. The predicted octanol–water partition coefficient (Wildman–Crippen LogP) is 5.90. The summed E-state index contributed by atoms with van der Waals surface area (Å²) in [5.41, 5.74) is 2.32. The van der Waals surface area contributed by atoms with Gasteiger partial charge in [0, 0.05) is 6.42 Å². The van der Waals surface area contributed by atoms with Gasteiger partial charge in [-0.2, -0.15) is 0 Å². The Balaban J connectivity index is 1.25. The van der Waals surface area contributed by atoms with E-state index in [1.54, 1.807) is 10.6 Å². The molecule has 1 unspecified atom stereocenters. The summed E-state index contributed by atoms with van der Waals surface area (Å²) in [6, 6.07) is 0. The fraction of sp³-hybridized carbons (Fsp3) is 0.893. The average molecular weight is 444 g/mol. The molecule has 1 heterocycles. The van der Waals surface area contributed by atoms with Gasteiger partial charge in [-0.05, 0) is 112 Å². The number of rotatable bonds is 4. The number of aliphatic hydroxyl groups is 1. The number of aliphatic hydroxyl groups excluding tert-OH is 1. The monoisotopic (exact) mass is 443 g/mol. The Labute approximate surface area is 195 Å². The minimum atomic E-state index is -0.117. The third-order valence-electron chi connectivity index (χ3n) is 11.0. The standard InChI is InChI=1S/C28H45NO3/c1-18(5-10-26(31)29-16-13-19(2)32-29)23-8-9-24-22-7-6-20-17-21(30)11-14-27(20,3)25(22)12-15-28(23,24)4/h6,18-19,21-25,30H,5,7-17H2,1-4H3/t18?,19-,21+,22+,23-,24+,25+,27+,28-/m1/s1. The Morgan fingerprint density at radius 3 is 2.75 bits per heavy atom. The second kappa shape index (κ2) is 8.41. The van der Waals surface area contributed by atoms with Crippen LogP contribution in [0.1, 0.15) is 98.3 Å². The fourth-order valence-corrected chi connectivity index (χ4v) is 9.10. The van der Waals surface area contributed by atoms with Crippen LogP contribution in [0, 0.1) is 40.4 Å². The van der Waals surface area contributed by atoms with E-state index in [1.165, 1.54) is 38.5 Å². The molecule has 0 aromatic carbocycles. The lowest BCUT2D eigenvalue weighted by Gasteiger charge is -2.58. The number of allylic oxidation sites excluding steroid dienone is 1. The maximum absolute atomic E-state index is 12.6. The number of hydrogen-bond acceptors (Lipinski definition) is 3. The molecule has 0 aromatic heterocycles. The van der Waals surface area contributed by atoms with Crippen molar-refractivity contribution in [3.05, 3.63) is 11.6 Å². The highest BCUT2D eigenvalue weighted by atomic mass is 16.7. The summed E-state index contributed by atoms with van der Waals surface area (Å²) in [4.78, 5) is 18.3. The number of fused-ring (bicyclic) bond motifs is 5. The molecule has 5 aliphatic rings. The van der Waals surface area contributed by atoms with E-state index in [2.05, 4.69) is 26.8 Å². The summed E-state index contributed by atoms with van der Waals surface area (Å²) in [5, 5.41) is 11.9. The molecular formula is C28H45NO3. The van der Waals surface area contributed by atoms with Crippen LogP contribution in [0.3, 0.4) is 0 Å². The molecule has 4 nitrogen and oxygen atoms in total. The smallest absolute Gasteiger partial charge is 0.246 e. The molecule has 32 heavy (non-hydrogen) atoms. The third kappa shape index (κ3) is 3.68. The minimum Gasteiger partial charge on any atom is -0.393 e. The molecule has 0 aromatic rings. The average Bonchev–Trinajstić information content (AvgIpc) is 3.35. The molecule has 5 rings (SSSR count). The molecule has 3 saturated carbocycles. The van der Waals surface area contributed by atoms with Gasteiger partial charge < -0.3 is 5.11 Å². The number of carbonyl (C=O) groups excluding carboxylic acids is 1. The zero-order valence-corrected chi connectivity index (χ0v) is 20.8. The second-order valence-corrected chi connectivity index (χ2v) is 12.6. The third-order valence-corrected chi connectivity index (χ3v) is 11.0. The van der Waals surface area contributed by atoms with E-state index in [4.69, 9.17) is 4.84 Å². The summed E-state index contributed by atoms with van der Waals surface area (Å²) in [7, 11) is 0. The summed E-state index contributed by atoms with van der Waals surface area (Å²) in [6.45, 7) is 10.3. The van der Waals surface area contributed by atoms with Crippen LogP contribution in [0.15, 0.2) is 11.6 Å². The Kier molecular flexibility index (Phi) is 6.02. The van der Waals surface area contributed by atoms with Crippen molar-refractivity contribution in [1.82, 2.24) is 5.06 Å². The number of amides is 1. The van der Waals surface area contributed by atoms with Crippen LogP contribution in [0.25, 0.3) is 0 Å². The first-order valence-corrected chi connectivity index (χ1v) is 13.6. The molecule has 9 atom stereocenters. The van der Waals surface area contributed by atoms with E-state index in [0.717, 1.165) is 55.9 Å². The van der Waals surface area contributed by atoms with Gasteiger partial charge in [0.1, 0.15) is 0 Å². The van der Waals surface area contributed by atoms with E-state index in [-0.39, 0.29) is 18.1 Å². The van der Waals surface area contributed by atoms with Crippen LogP contribution in [0.5, 0.6) is 0 Å². The molecule has 1 aliphatic heterocycles. The maximum Gasteiger partial charge on any atom is 0.246 e. The highest BCUT2D eigenvalue weighted by Crippen LogP contribution is 2.67. The van der Waals surface area contributed by atoms with Crippen molar-refractivity contribution in [3.8, 4) is 0 Å². The highest BCUT2D eigenvalue weighted by Gasteiger charge is 2.59. The van der Waals surface area contributed by atoms with E-state index >= 15 is 0 Å². The molecular weight excluding hydrogens is 398 g/mol. The molecule has 4 fully saturated rings. The van der Waals surface area contributed by atoms with E-state index in [0.29, 0.717) is 23.2 Å². The van der Waals surface area contributed by atoms with Crippen LogP contribution >= 0.6 is 0 Å². The zero-order valence-electron chi connectivity index (χ0n) is 20.8. The van der Waals surface area contributed by atoms with Crippen molar-refractivity contribution in [1.29, 1.82) is 0 Å². The van der Waals surface area contributed by atoms with Gasteiger partial charge in [-0.25, -0.2) is 5.06 Å². The quantitative estimate of drug-likeness (QED) is 0.551. The number of hydroxylamine groups is 2. The van der Waals surface area contributed by atoms with Gasteiger partial charge in [-0.1, -0.05) is 32.4 Å². The number of nitrogens with zero attached hydrogens (tertiary/aromatic N) is 1. The van der Waals surface area contributed by atoms with Crippen molar-refractivity contribution < 1.29 is 14.7 Å². The van der Waals surface area contributed by atoms with Gasteiger partial charge in [-0.3, -0.25) is 9.63 Å². The Hall–Kier alpha value is -0.870. The van der Waals surface area contributed by atoms with Gasteiger partial charge in [0.05, 0.1) is 18.8 Å². The SMILES string of the molecule is CC(CCC(=O)N1CC[C@@H](C)O1)[C@H]1CC[C@H]2[C@@H]3CC=C4C[C@@H](O)CC[C@]4(C)[C@H]3CC[C@]12C. The summed E-state index contributed by atoms with van der Waals surface area (Å²) in [6.07, 6.45) is 14.9. The van der Waals surface area contributed by atoms with E-state index in [9.17, 15) is 9.90 Å². The Bertz CT molecular complexity index is 764. The van der Waals surface area contributed by atoms with Crippen molar-refractivity contribution in [2.24, 2.45) is 40.4 Å². The van der Waals surface area contributed by atoms with Gasteiger partial charge in [0.25, 0.3) is 0 Å². The first-order valence-electron chi connectivity index (χ1n) is 13.6. The van der Waals surface area contributed by atoms with Crippen LogP contribution in [-0.2, 0) is 9.63 Å². The first kappa shape index (κ1) is 22.9. The number of hydrogen-bond donors (Lipinski definition) is 1. The molecule has 1 N–H and O–H groups in total. The second-order valence-electron chi connectivity index (χ2n) is 12.6. The van der Waals surface area contributed by atoms with Crippen LogP contribution in [0.4, 0.5) is 0 Å². The lowest BCUT2D eigenvalue weighted by atomic mass is 9.47. The van der Waals surface area contributed by atoms with Crippen molar-refractivity contribution >= 4 is 5.91 Å². The maximum atomic E-state index is 12.6. The molecule has 1 amide bonds. The Morgan fingerprint density at radius 1 is 1.19 bits per heavy atom. The highest BCUT2D eigenvalue weighted by molar-refractivity contribution is 5.75. The molecule has 1 saturated heterocycles. The largest absolute Gasteiger partial charge is 0.393 e. The normalized spacial score (nSPS) is 46.8. The van der Waals surface area contributed by atoms with Crippen LogP contribution in [0.2, 0.25) is 0 Å². The fourth-order valence-electron chi connectivity index (χ4n) is 9.10. The van der Waals surface area contributed by atoms with Crippen molar-refractivity contribution in [2.45, 2.75) is 111 Å². The molecule has 4 aliphatic carbocycles. The van der Waals surface area contributed by atoms with Gasteiger partial charge in [-0.15, -0.1) is 0 Å². The predicted molar refractivity (Wildman–Crippen MR) is 126 cm³/mol. The first-order chi connectivity index (χ1) is 15.2. The lowest BCUT2D eigenvalue weighted by molar-refractivity contribution is -0.178. The molecule has 0 spiro atoms. The number of carbonyl (C=O) groups is 1. The van der Waals surface area contributed by atoms with Crippen molar-refractivity contribution in [2.75, 3.05) is 6.54 Å². The van der Waals surface area contributed by atoms with E-state index in [1.807, 2.05) is 6.92 Å². The van der Waals surface area contributed by atoms with Crippen LogP contribution in [-0.4, -0.2) is 34.8 Å². The molecule has 4 heteroatoms. The minimum absolute atomic E-state index is 0.117. The van der Waals surface area contributed by atoms with Gasteiger partial charge in [0.2, 0.25) is 5.91 Å².